The van der Waals surface area contributed by atoms with Crippen molar-refractivity contribution in [2.24, 2.45) is 5.92 Å². The van der Waals surface area contributed by atoms with Crippen LogP contribution in [0.25, 0.3) is 0 Å². The molecule has 0 radical (unpaired) electrons. The summed E-state index contributed by atoms with van der Waals surface area (Å²) in [6.07, 6.45) is -0.386. The lowest BCUT2D eigenvalue weighted by molar-refractivity contribution is -0.166. The minimum Gasteiger partial charge on any atom is -0.451 e. The number of hydrogen-bond donors (Lipinski definition) is 1. The third kappa shape index (κ3) is 6.29. The Kier molecular flexibility index (Phi) is 8.20. The van der Waals surface area contributed by atoms with Crippen molar-refractivity contribution in [1.82, 2.24) is 10.2 Å². The Morgan fingerprint density at radius 1 is 1.14 bits per heavy atom. The normalized spacial score (nSPS) is 22.3. The predicted molar refractivity (Wildman–Crippen MR) is 109 cm³/mol. The first-order valence-corrected chi connectivity index (χ1v) is 10.2. The predicted octanol–water partition coefficient (Wildman–Crippen LogP) is 2.40. The Balaban J connectivity index is 2.03. The van der Waals surface area contributed by atoms with Crippen LogP contribution in [-0.2, 0) is 19.1 Å². The van der Waals surface area contributed by atoms with Gasteiger partial charge < -0.3 is 19.7 Å². The molecule has 1 N–H and O–H groups in total. The second-order valence-electron chi connectivity index (χ2n) is 7.78. The summed E-state index contributed by atoms with van der Waals surface area (Å²) in [5.41, 5.74) is 0.467. The smallest absolute Gasteiger partial charge is 0.329 e. The maximum atomic E-state index is 12.8. The van der Waals surface area contributed by atoms with Crippen molar-refractivity contribution in [3.05, 3.63) is 35.9 Å². The number of benzene rings is 1. The lowest BCUT2D eigenvalue weighted by atomic mass is 9.98. The van der Waals surface area contributed by atoms with Crippen LogP contribution < -0.4 is 5.32 Å². The van der Waals surface area contributed by atoms with Gasteiger partial charge in [0.15, 0.2) is 6.10 Å². The zero-order valence-corrected chi connectivity index (χ0v) is 17.9. The fourth-order valence-corrected chi connectivity index (χ4v) is 3.40. The van der Waals surface area contributed by atoms with Gasteiger partial charge in [-0.25, -0.2) is 4.79 Å². The van der Waals surface area contributed by atoms with E-state index >= 15 is 0 Å². The number of ether oxygens (including phenoxy) is 2. The van der Waals surface area contributed by atoms with E-state index in [4.69, 9.17) is 9.47 Å². The zero-order valence-electron chi connectivity index (χ0n) is 17.9. The molecular formula is C22H32N2O5. The fraction of sp³-hybridized carbons (Fsp3) is 0.591. The first kappa shape index (κ1) is 22.9. The number of esters is 1. The minimum atomic E-state index is -0.930. The van der Waals surface area contributed by atoms with Crippen molar-refractivity contribution in [3.63, 3.8) is 0 Å². The van der Waals surface area contributed by atoms with Crippen LogP contribution in [0.15, 0.2) is 30.3 Å². The van der Waals surface area contributed by atoms with Crippen LogP contribution in [0, 0.1) is 5.92 Å². The molecule has 29 heavy (non-hydrogen) atoms. The largest absolute Gasteiger partial charge is 0.451 e. The molecule has 0 unspecified atom stereocenters. The number of hydrogen-bond acceptors (Lipinski definition) is 5. The molecule has 2 amide bonds. The number of rotatable bonds is 7. The SMILES string of the molecule is CC[C@@H](C)[C@H](NC(=O)c1ccccc1)C(=O)O[C@@H](C)C(=O)N1C[C@@H](C)O[C@@H](C)C1. The fourth-order valence-electron chi connectivity index (χ4n) is 3.40. The summed E-state index contributed by atoms with van der Waals surface area (Å²) in [5.74, 6) is -1.33. The minimum absolute atomic E-state index is 0.0661. The van der Waals surface area contributed by atoms with Crippen LogP contribution in [0.5, 0.6) is 0 Å². The molecule has 2 rings (SSSR count). The molecule has 1 heterocycles. The van der Waals surface area contributed by atoms with Gasteiger partial charge in [-0.1, -0.05) is 38.5 Å². The number of morpholine rings is 1. The number of amides is 2. The standard InChI is InChI=1S/C22H32N2O5/c1-6-14(2)19(23-20(25)18-10-8-7-9-11-18)22(27)29-17(5)21(26)24-12-15(3)28-16(4)13-24/h7-11,14-17,19H,6,12-13H2,1-5H3,(H,23,25)/t14-,15-,16+,17+,19+/m1/s1. The Bertz CT molecular complexity index is 698. The second kappa shape index (κ2) is 10.4. The summed E-state index contributed by atoms with van der Waals surface area (Å²) in [6, 6.07) is 7.87. The van der Waals surface area contributed by atoms with E-state index in [1.165, 1.54) is 0 Å². The lowest BCUT2D eigenvalue weighted by Crippen LogP contribution is -2.53. The van der Waals surface area contributed by atoms with Gasteiger partial charge in [-0.2, -0.15) is 0 Å². The molecule has 0 bridgehead atoms. The Morgan fingerprint density at radius 3 is 2.28 bits per heavy atom. The van der Waals surface area contributed by atoms with Gasteiger partial charge in [-0.15, -0.1) is 0 Å². The van der Waals surface area contributed by atoms with Crippen molar-refractivity contribution in [3.8, 4) is 0 Å². The number of carbonyl (C=O) groups is 3. The van der Waals surface area contributed by atoms with E-state index in [1.807, 2.05) is 33.8 Å². The van der Waals surface area contributed by atoms with E-state index in [9.17, 15) is 14.4 Å². The third-order valence-corrected chi connectivity index (χ3v) is 5.16. The second-order valence-corrected chi connectivity index (χ2v) is 7.78. The quantitative estimate of drug-likeness (QED) is 0.706. The van der Waals surface area contributed by atoms with Gasteiger partial charge in [0.05, 0.1) is 12.2 Å². The van der Waals surface area contributed by atoms with Gasteiger partial charge in [0.25, 0.3) is 11.8 Å². The van der Waals surface area contributed by atoms with Gasteiger partial charge in [0, 0.05) is 18.7 Å². The van der Waals surface area contributed by atoms with Gasteiger partial charge >= 0.3 is 5.97 Å². The first-order chi connectivity index (χ1) is 13.7. The van der Waals surface area contributed by atoms with Gasteiger partial charge in [-0.05, 0) is 38.8 Å². The molecule has 0 spiro atoms. The maximum absolute atomic E-state index is 12.8. The van der Waals surface area contributed by atoms with Crippen molar-refractivity contribution in [2.45, 2.75) is 65.4 Å². The molecule has 5 atom stereocenters. The summed E-state index contributed by atoms with van der Waals surface area (Å²) in [5, 5.41) is 2.76. The summed E-state index contributed by atoms with van der Waals surface area (Å²) in [4.78, 5) is 39.7. The molecule has 1 aliphatic heterocycles. The van der Waals surface area contributed by atoms with E-state index in [2.05, 4.69) is 5.32 Å². The zero-order chi connectivity index (χ0) is 21.6. The summed E-state index contributed by atoms with van der Waals surface area (Å²) < 4.78 is 11.1. The van der Waals surface area contributed by atoms with Crippen molar-refractivity contribution < 1.29 is 23.9 Å². The Morgan fingerprint density at radius 2 is 1.72 bits per heavy atom. The molecule has 1 aliphatic rings. The molecular weight excluding hydrogens is 372 g/mol. The first-order valence-electron chi connectivity index (χ1n) is 10.2. The van der Waals surface area contributed by atoms with E-state index in [0.29, 0.717) is 25.1 Å². The van der Waals surface area contributed by atoms with Crippen LogP contribution in [-0.4, -0.2) is 60.1 Å². The summed E-state index contributed by atoms with van der Waals surface area (Å²) >= 11 is 0. The molecule has 1 fully saturated rings. The van der Waals surface area contributed by atoms with E-state index in [1.54, 1.807) is 36.1 Å². The molecule has 0 aliphatic carbocycles. The average molecular weight is 405 g/mol. The Hall–Kier alpha value is -2.41. The maximum Gasteiger partial charge on any atom is 0.329 e. The van der Waals surface area contributed by atoms with Gasteiger partial charge in [0.1, 0.15) is 6.04 Å². The number of nitrogens with zero attached hydrogens (tertiary/aromatic N) is 1. The van der Waals surface area contributed by atoms with Crippen LogP contribution in [0.4, 0.5) is 0 Å². The third-order valence-electron chi connectivity index (χ3n) is 5.16. The molecule has 7 nitrogen and oxygen atoms in total. The van der Waals surface area contributed by atoms with Crippen LogP contribution in [0.3, 0.4) is 0 Å². The molecule has 1 aromatic rings. The lowest BCUT2D eigenvalue weighted by Gasteiger charge is -2.36. The Labute approximate surface area is 172 Å². The molecule has 1 aromatic carbocycles. The molecule has 7 heteroatoms. The highest BCUT2D eigenvalue weighted by atomic mass is 16.5. The topological polar surface area (TPSA) is 84.9 Å². The van der Waals surface area contributed by atoms with Crippen LogP contribution in [0.2, 0.25) is 0 Å². The molecule has 1 saturated heterocycles. The average Bonchev–Trinajstić information content (AvgIpc) is 2.70. The van der Waals surface area contributed by atoms with Gasteiger partial charge in [0.2, 0.25) is 0 Å². The highest BCUT2D eigenvalue weighted by molar-refractivity contribution is 5.97. The van der Waals surface area contributed by atoms with E-state index < -0.39 is 18.1 Å². The highest BCUT2D eigenvalue weighted by Crippen LogP contribution is 2.15. The van der Waals surface area contributed by atoms with Crippen molar-refractivity contribution >= 4 is 17.8 Å². The molecule has 0 saturated carbocycles. The van der Waals surface area contributed by atoms with E-state index in [0.717, 1.165) is 0 Å². The van der Waals surface area contributed by atoms with Crippen molar-refractivity contribution in [1.29, 1.82) is 0 Å². The van der Waals surface area contributed by atoms with E-state index in [-0.39, 0.29) is 29.9 Å². The number of nitrogens with one attached hydrogen (secondary N) is 1. The van der Waals surface area contributed by atoms with Crippen LogP contribution >= 0.6 is 0 Å². The molecule has 160 valence electrons. The monoisotopic (exact) mass is 404 g/mol. The number of carbonyl (C=O) groups excluding carboxylic acids is 3. The summed E-state index contributed by atoms with van der Waals surface area (Å²) in [7, 11) is 0. The summed E-state index contributed by atoms with van der Waals surface area (Å²) in [6.45, 7) is 10.1. The van der Waals surface area contributed by atoms with Crippen LogP contribution in [0.1, 0.15) is 51.4 Å². The molecule has 0 aromatic heterocycles. The van der Waals surface area contributed by atoms with Gasteiger partial charge in [-0.3, -0.25) is 9.59 Å². The van der Waals surface area contributed by atoms with Crippen molar-refractivity contribution in [2.75, 3.05) is 13.1 Å². The highest BCUT2D eigenvalue weighted by Gasteiger charge is 2.34.